The van der Waals surface area contributed by atoms with Crippen molar-refractivity contribution >= 4 is 17.5 Å². The van der Waals surface area contributed by atoms with Crippen molar-refractivity contribution < 1.29 is 4.79 Å². The third-order valence-corrected chi connectivity index (χ3v) is 5.15. The van der Waals surface area contributed by atoms with E-state index in [4.69, 9.17) is 0 Å². The number of aryl methyl sites for hydroxylation is 1. The lowest BCUT2D eigenvalue weighted by Gasteiger charge is -2.30. The second-order valence-corrected chi connectivity index (χ2v) is 8.65. The summed E-state index contributed by atoms with van der Waals surface area (Å²) in [5.74, 6) is 1.20. The third-order valence-electron chi connectivity index (χ3n) is 5.15. The van der Waals surface area contributed by atoms with Crippen LogP contribution in [-0.2, 0) is 5.41 Å². The number of hydrogen-bond donors (Lipinski definition) is 1. The Balaban J connectivity index is 1.74. The first-order chi connectivity index (χ1) is 12.7. The number of aromatic nitrogens is 2. The van der Waals surface area contributed by atoms with Crippen molar-refractivity contribution in [1.29, 1.82) is 0 Å². The largest absolute Gasteiger partial charge is 0.341 e. The van der Waals surface area contributed by atoms with E-state index in [1.165, 1.54) is 5.56 Å². The number of piperidine rings is 1. The Morgan fingerprint density at radius 2 is 1.74 bits per heavy atom. The predicted molar refractivity (Wildman–Crippen MR) is 110 cm³/mol. The van der Waals surface area contributed by atoms with Crippen molar-refractivity contribution in [3.05, 3.63) is 47.3 Å². The molecule has 0 bridgehead atoms. The molecule has 0 spiro atoms. The van der Waals surface area contributed by atoms with Gasteiger partial charge in [-0.25, -0.2) is 9.97 Å². The minimum Gasteiger partial charge on any atom is -0.341 e. The number of anilines is 2. The predicted octanol–water partition coefficient (Wildman–Crippen LogP) is 4.57. The molecule has 1 saturated heterocycles. The van der Waals surface area contributed by atoms with Crippen molar-refractivity contribution in [2.75, 3.05) is 23.3 Å². The third kappa shape index (κ3) is 4.85. The molecule has 1 amide bonds. The maximum absolute atomic E-state index is 12.7. The zero-order valence-electron chi connectivity index (χ0n) is 17.0. The van der Waals surface area contributed by atoms with Crippen LogP contribution in [0.25, 0.3) is 0 Å². The highest BCUT2D eigenvalue weighted by Crippen LogP contribution is 2.24. The Labute approximate surface area is 162 Å². The van der Waals surface area contributed by atoms with Gasteiger partial charge in [-0.1, -0.05) is 39.8 Å². The number of hydrogen-bond acceptors (Lipinski definition) is 4. The van der Waals surface area contributed by atoms with Crippen molar-refractivity contribution in [2.24, 2.45) is 5.92 Å². The number of nitrogens with one attached hydrogen (secondary N) is 1. The fraction of sp³-hybridized carbons (Fsp3) is 0.500. The minimum atomic E-state index is -0.198. The Morgan fingerprint density at radius 3 is 2.33 bits per heavy atom. The maximum Gasteiger partial charge on any atom is 0.274 e. The van der Waals surface area contributed by atoms with Gasteiger partial charge in [0.1, 0.15) is 5.69 Å². The summed E-state index contributed by atoms with van der Waals surface area (Å²) in [6.07, 6.45) is 2.28. The van der Waals surface area contributed by atoms with E-state index in [-0.39, 0.29) is 11.3 Å². The van der Waals surface area contributed by atoms with Crippen molar-refractivity contribution in [2.45, 2.75) is 52.9 Å². The van der Waals surface area contributed by atoms with Crippen LogP contribution in [0.1, 0.15) is 62.3 Å². The summed E-state index contributed by atoms with van der Waals surface area (Å²) in [6, 6.07) is 9.75. The van der Waals surface area contributed by atoms with Crippen LogP contribution in [0, 0.1) is 12.8 Å². The van der Waals surface area contributed by atoms with E-state index in [1.807, 2.05) is 19.1 Å². The Kier molecular flexibility index (Phi) is 5.49. The SMILES string of the molecule is Cc1cc(C(=O)Nc2ccc(C(C)(C)C)cc2)nc(N2CCC(C)CC2)n1. The van der Waals surface area contributed by atoms with Crippen LogP contribution in [0.2, 0.25) is 0 Å². The highest BCUT2D eigenvalue weighted by Gasteiger charge is 2.20. The molecule has 0 unspecified atom stereocenters. The molecule has 1 aliphatic heterocycles. The molecule has 2 heterocycles. The zero-order valence-corrected chi connectivity index (χ0v) is 17.0. The molecule has 1 aliphatic rings. The monoisotopic (exact) mass is 366 g/mol. The van der Waals surface area contributed by atoms with Crippen LogP contribution < -0.4 is 10.2 Å². The van der Waals surface area contributed by atoms with Gasteiger partial charge < -0.3 is 10.2 Å². The molecule has 1 aromatic heterocycles. The quantitative estimate of drug-likeness (QED) is 0.864. The van der Waals surface area contributed by atoms with Crippen LogP contribution >= 0.6 is 0 Å². The van der Waals surface area contributed by atoms with E-state index in [9.17, 15) is 4.79 Å². The second kappa shape index (κ2) is 7.67. The van der Waals surface area contributed by atoms with E-state index < -0.39 is 0 Å². The van der Waals surface area contributed by atoms with E-state index in [2.05, 4.69) is 60.0 Å². The Morgan fingerprint density at radius 1 is 1.11 bits per heavy atom. The van der Waals surface area contributed by atoms with Gasteiger partial charge in [-0.2, -0.15) is 0 Å². The summed E-state index contributed by atoms with van der Waals surface area (Å²) in [5, 5.41) is 2.95. The average Bonchev–Trinajstić information content (AvgIpc) is 2.61. The van der Waals surface area contributed by atoms with E-state index >= 15 is 0 Å². The summed E-state index contributed by atoms with van der Waals surface area (Å²) >= 11 is 0. The summed E-state index contributed by atoms with van der Waals surface area (Å²) in [7, 11) is 0. The maximum atomic E-state index is 12.7. The van der Waals surface area contributed by atoms with Crippen LogP contribution in [0.4, 0.5) is 11.6 Å². The first-order valence-electron chi connectivity index (χ1n) is 9.75. The lowest BCUT2D eigenvalue weighted by molar-refractivity contribution is 0.102. The van der Waals surface area contributed by atoms with Crippen LogP contribution in [0.3, 0.4) is 0 Å². The summed E-state index contributed by atoms with van der Waals surface area (Å²) in [5.41, 5.74) is 3.33. The van der Waals surface area contributed by atoms with Crippen molar-refractivity contribution in [1.82, 2.24) is 9.97 Å². The molecule has 2 aromatic rings. The van der Waals surface area contributed by atoms with Gasteiger partial charge in [-0.3, -0.25) is 4.79 Å². The minimum absolute atomic E-state index is 0.0904. The van der Waals surface area contributed by atoms with Gasteiger partial charge in [-0.05, 0) is 54.9 Å². The zero-order chi connectivity index (χ0) is 19.6. The van der Waals surface area contributed by atoms with Crippen molar-refractivity contribution in [3.8, 4) is 0 Å². The lowest BCUT2D eigenvalue weighted by Crippen LogP contribution is -2.34. The summed E-state index contributed by atoms with van der Waals surface area (Å²) in [6.45, 7) is 12.6. The molecule has 0 aliphatic carbocycles. The van der Waals surface area contributed by atoms with Gasteiger partial charge in [0.2, 0.25) is 5.95 Å². The van der Waals surface area contributed by atoms with Gasteiger partial charge >= 0.3 is 0 Å². The average molecular weight is 367 g/mol. The molecule has 1 aromatic carbocycles. The van der Waals surface area contributed by atoms with Gasteiger partial charge in [0.15, 0.2) is 0 Å². The fourth-order valence-electron chi connectivity index (χ4n) is 3.27. The molecular weight excluding hydrogens is 336 g/mol. The molecular formula is C22H30N4O. The number of carbonyl (C=O) groups excluding carboxylic acids is 1. The van der Waals surface area contributed by atoms with Crippen LogP contribution in [-0.4, -0.2) is 29.0 Å². The highest BCUT2D eigenvalue weighted by molar-refractivity contribution is 6.03. The number of rotatable bonds is 3. The highest BCUT2D eigenvalue weighted by atomic mass is 16.1. The first kappa shape index (κ1) is 19.3. The standard InChI is InChI=1S/C22H30N4O/c1-15-10-12-26(13-11-15)21-23-16(2)14-19(25-21)20(27)24-18-8-6-17(7-9-18)22(3,4)5/h6-9,14-15H,10-13H2,1-5H3,(H,24,27). The molecule has 144 valence electrons. The molecule has 5 nitrogen and oxygen atoms in total. The number of amides is 1. The number of carbonyl (C=O) groups is 1. The van der Waals surface area contributed by atoms with Gasteiger partial charge in [0, 0.05) is 24.5 Å². The van der Waals surface area contributed by atoms with Gasteiger partial charge in [0.05, 0.1) is 0 Å². The molecule has 5 heteroatoms. The van der Waals surface area contributed by atoms with E-state index in [0.717, 1.165) is 43.2 Å². The smallest absolute Gasteiger partial charge is 0.274 e. The topological polar surface area (TPSA) is 58.1 Å². The Hall–Kier alpha value is -2.43. The summed E-state index contributed by atoms with van der Waals surface area (Å²) < 4.78 is 0. The molecule has 0 saturated carbocycles. The molecule has 1 fully saturated rings. The van der Waals surface area contributed by atoms with E-state index in [1.54, 1.807) is 6.07 Å². The fourth-order valence-corrected chi connectivity index (χ4v) is 3.27. The lowest BCUT2D eigenvalue weighted by atomic mass is 9.87. The molecule has 3 rings (SSSR count). The Bertz CT molecular complexity index is 800. The molecule has 1 N–H and O–H groups in total. The van der Waals surface area contributed by atoms with Crippen LogP contribution in [0.15, 0.2) is 30.3 Å². The summed E-state index contributed by atoms with van der Waals surface area (Å²) in [4.78, 5) is 24.0. The first-order valence-corrected chi connectivity index (χ1v) is 9.75. The van der Waals surface area contributed by atoms with Gasteiger partial charge in [-0.15, -0.1) is 0 Å². The van der Waals surface area contributed by atoms with Crippen molar-refractivity contribution in [3.63, 3.8) is 0 Å². The van der Waals surface area contributed by atoms with E-state index in [0.29, 0.717) is 11.6 Å². The van der Waals surface area contributed by atoms with Crippen LogP contribution in [0.5, 0.6) is 0 Å². The number of nitrogens with zero attached hydrogens (tertiary/aromatic N) is 3. The molecule has 0 radical (unpaired) electrons. The molecule has 0 atom stereocenters. The second-order valence-electron chi connectivity index (χ2n) is 8.65. The number of benzene rings is 1. The molecule has 27 heavy (non-hydrogen) atoms. The van der Waals surface area contributed by atoms with Gasteiger partial charge in [0.25, 0.3) is 5.91 Å². The normalized spacial score (nSPS) is 15.7.